The van der Waals surface area contributed by atoms with Crippen LogP contribution in [0.2, 0.25) is 0 Å². The molecule has 0 aromatic carbocycles. The van der Waals surface area contributed by atoms with E-state index in [-0.39, 0.29) is 11.8 Å². The molecule has 0 bridgehead atoms. The van der Waals surface area contributed by atoms with E-state index < -0.39 is 9.84 Å². The summed E-state index contributed by atoms with van der Waals surface area (Å²) in [5.41, 5.74) is 0. The van der Waals surface area contributed by atoms with Gasteiger partial charge in [-0.25, -0.2) is 8.42 Å². The van der Waals surface area contributed by atoms with Crippen molar-refractivity contribution in [1.82, 2.24) is 10.2 Å². The number of likely N-dealkylation sites (tertiary alicyclic amines) is 1. The molecule has 4 nitrogen and oxygen atoms in total. The van der Waals surface area contributed by atoms with E-state index in [9.17, 15) is 8.42 Å². The largest absolute Gasteiger partial charge is 0.312 e. The third-order valence-corrected chi connectivity index (χ3v) is 4.52. The molecule has 1 fully saturated rings. The first kappa shape index (κ1) is 15.9. The molecular formula is C13H28N2O2S. The van der Waals surface area contributed by atoms with E-state index in [0.29, 0.717) is 0 Å². The molecule has 0 aromatic rings. The Balaban J connectivity index is 2.21. The molecule has 1 saturated heterocycles. The molecular weight excluding hydrogens is 248 g/mol. The van der Waals surface area contributed by atoms with Crippen molar-refractivity contribution in [2.45, 2.75) is 33.2 Å². The van der Waals surface area contributed by atoms with Gasteiger partial charge < -0.3 is 10.2 Å². The summed E-state index contributed by atoms with van der Waals surface area (Å²) in [7, 11) is -2.87. The topological polar surface area (TPSA) is 49.4 Å². The van der Waals surface area contributed by atoms with Gasteiger partial charge in [0.05, 0.1) is 5.75 Å². The molecule has 1 aliphatic heterocycles. The first-order valence-corrected chi connectivity index (χ1v) is 8.95. The van der Waals surface area contributed by atoms with Gasteiger partial charge in [0, 0.05) is 38.5 Å². The average Bonchev–Trinajstić information content (AvgIpc) is 2.12. The Morgan fingerprint density at radius 3 is 2.33 bits per heavy atom. The minimum absolute atomic E-state index is 0.0413. The second kappa shape index (κ2) is 6.87. The molecule has 0 unspecified atom stereocenters. The normalized spacial score (nSPS) is 28.2. The molecule has 1 heterocycles. The number of piperidine rings is 1. The van der Waals surface area contributed by atoms with E-state index in [1.165, 1.54) is 25.8 Å². The van der Waals surface area contributed by atoms with Crippen molar-refractivity contribution in [3.05, 3.63) is 0 Å². The Kier molecular flexibility index (Phi) is 6.08. The van der Waals surface area contributed by atoms with E-state index in [0.717, 1.165) is 24.9 Å². The van der Waals surface area contributed by atoms with Gasteiger partial charge in [0.25, 0.3) is 0 Å². The third-order valence-electron chi connectivity index (χ3n) is 3.42. The van der Waals surface area contributed by atoms with Gasteiger partial charge in [-0.3, -0.25) is 0 Å². The molecule has 0 radical (unpaired) electrons. The Bertz CT molecular complexity index is 333. The Morgan fingerprint density at radius 2 is 1.83 bits per heavy atom. The average molecular weight is 276 g/mol. The third kappa shape index (κ3) is 6.71. The molecule has 0 aliphatic carbocycles. The lowest BCUT2D eigenvalue weighted by atomic mass is 9.92. The lowest BCUT2D eigenvalue weighted by molar-refractivity contribution is 0.141. The number of hydrogen-bond donors (Lipinski definition) is 1. The Morgan fingerprint density at radius 1 is 1.28 bits per heavy atom. The fourth-order valence-corrected chi connectivity index (χ4v) is 3.98. The second-order valence-corrected chi connectivity index (χ2v) is 8.34. The van der Waals surface area contributed by atoms with E-state index in [1.807, 2.05) is 6.92 Å². The molecule has 0 spiro atoms. The molecule has 0 amide bonds. The van der Waals surface area contributed by atoms with Crippen molar-refractivity contribution in [3.8, 4) is 0 Å². The maximum absolute atomic E-state index is 11.1. The van der Waals surface area contributed by atoms with Crippen LogP contribution in [0, 0.1) is 11.8 Å². The minimum atomic E-state index is -2.87. The van der Waals surface area contributed by atoms with Crippen molar-refractivity contribution in [3.63, 3.8) is 0 Å². The summed E-state index contributed by atoms with van der Waals surface area (Å²) in [6.45, 7) is 10.8. The zero-order valence-corrected chi connectivity index (χ0v) is 13.0. The molecule has 5 heteroatoms. The second-order valence-electron chi connectivity index (χ2n) is 6.15. The van der Waals surface area contributed by atoms with Gasteiger partial charge in [-0.2, -0.15) is 0 Å². The number of hydrogen-bond acceptors (Lipinski definition) is 4. The van der Waals surface area contributed by atoms with E-state index in [4.69, 9.17) is 0 Å². The minimum Gasteiger partial charge on any atom is -0.312 e. The number of nitrogens with zero attached hydrogens (tertiary/aromatic N) is 1. The molecule has 1 rings (SSSR count). The summed E-state index contributed by atoms with van der Waals surface area (Å²) in [6.07, 6.45) is 2.62. The predicted molar refractivity (Wildman–Crippen MR) is 76.6 cm³/mol. The van der Waals surface area contributed by atoms with E-state index in [1.54, 1.807) is 0 Å². The Labute approximate surface area is 112 Å². The summed E-state index contributed by atoms with van der Waals surface area (Å²) in [4.78, 5) is 2.49. The summed E-state index contributed by atoms with van der Waals surface area (Å²) in [5, 5.41) is 3.30. The van der Waals surface area contributed by atoms with Crippen LogP contribution in [-0.2, 0) is 9.84 Å². The van der Waals surface area contributed by atoms with Gasteiger partial charge in [-0.05, 0) is 25.2 Å². The van der Waals surface area contributed by atoms with Crippen LogP contribution in [0.15, 0.2) is 0 Å². The highest BCUT2D eigenvalue weighted by atomic mass is 32.2. The number of nitrogens with one attached hydrogen (secondary N) is 1. The highest BCUT2D eigenvalue weighted by Crippen LogP contribution is 2.20. The predicted octanol–water partition coefficient (Wildman–Crippen LogP) is 0.987. The highest BCUT2D eigenvalue weighted by Gasteiger charge is 2.21. The summed E-state index contributed by atoms with van der Waals surface area (Å²) in [6, 6.07) is 0.0413. The first-order chi connectivity index (χ1) is 8.26. The molecule has 3 atom stereocenters. The Hall–Kier alpha value is -0.130. The lowest BCUT2D eigenvalue weighted by Crippen LogP contribution is -2.44. The molecule has 108 valence electrons. The summed E-state index contributed by atoms with van der Waals surface area (Å²) >= 11 is 0. The van der Waals surface area contributed by atoms with Crippen LogP contribution in [-0.4, -0.2) is 57.5 Å². The SMILES string of the molecule is C[C@@H]1C[C@@H](C)CN(CCN[C@H](C)CS(C)(=O)=O)C1. The first-order valence-electron chi connectivity index (χ1n) is 6.89. The van der Waals surface area contributed by atoms with E-state index >= 15 is 0 Å². The summed E-state index contributed by atoms with van der Waals surface area (Å²) < 4.78 is 22.3. The van der Waals surface area contributed by atoms with Gasteiger partial charge in [0.2, 0.25) is 0 Å². The van der Waals surface area contributed by atoms with Crippen molar-refractivity contribution >= 4 is 9.84 Å². The monoisotopic (exact) mass is 276 g/mol. The van der Waals surface area contributed by atoms with Crippen molar-refractivity contribution in [2.75, 3.05) is 38.2 Å². The summed E-state index contributed by atoms with van der Waals surface area (Å²) in [5.74, 6) is 1.78. The van der Waals surface area contributed by atoms with Crippen LogP contribution in [0.3, 0.4) is 0 Å². The number of rotatable bonds is 6. The van der Waals surface area contributed by atoms with Crippen LogP contribution in [0.1, 0.15) is 27.2 Å². The lowest BCUT2D eigenvalue weighted by Gasteiger charge is -2.35. The highest BCUT2D eigenvalue weighted by molar-refractivity contribution is 7.90. The van der Waals surface area contributed by atoms with Crippen molar-refractivity contribution in [1.29, 1.82) is 0 Å². The quantitative estimate of drug-likeness (QED) is 0.786. The fraction of sp³-hybridized carbons (Fsp3) is 1.00. The zero-order valence-electron chi connectivity index (χ0n) is 12.1. The van der Waals surface area contributed by atoms with Crippen LogP contribution >= 0.6 is 0 Å². The molecule has 0 aromatic heterocycles. The van der Waals surface area contributed by atoms with Crippen LogP contribution in [0.4, 0.5) is 0 Å². The van der Waals surface area contributed by atoms with Gasteiger partial charge >= 0.3 is 0 Å². The maximum atomic E-state index is 11.1. The van der Waals surface area contributed by atoms with Crippen LogP contribution in [0.5, 0.6) is 0 Å². The molecule has 0 saturated carbocycles. The molecule has 18 heavy (non-hydrogen) atoms. The standard InChI is InChI=1S/C13H28N2O2S/c1-11-7-12(2)9-15(8-11)6-5-14-13(3)10-18(4,16)17/h11-14H,5-10H2,1-4H3/t11-,12-,13-/m1/s1. The zero-order chi connectivity index (χ0) is 13.8. The smallest absolute Gasteiger partial charge is 0.148 e. The maximum Gasteiger partial charge on any atom is 0.148 e. The number of sulfone groups is 1. The van der Waals surface area contributed by atoms with Crippen molar-refractivity contribution < 1.29 is 8.42 Å². The molecule has 1 N–H and O–H groups in total. The van der Waals surface area contributed by atoms with E-state index in [2.05, 4.69) is 24.1 Å². The van der Waals surface area contributed by atoms with Gasteiger partial charge in [-0.1, -0.05) is 13.8 Å². The fourth-order valence-electron chi connectivity index (χ4n) is 2.96. The van der Waals surface area contributed by atoms with Gasteiger partial charge in [0.15, 0.2) is 0 Å². The van der Waals surface area contributed by atoms with Gasteiger partial charge in [-0.15, -0.1) is 0 Å². The van der Waals surface area contributed by atoms with Crippen LogP contribution in [0.25, 0.3) is 0 Å². The van der Waals surface area contributed by atoms with Gasteiger partial charge in [0.1, 0.15) is 9.84 Å². The molecule has 1 aliphatic rings. The van der Waals surface area contributed by atoms with Crippen LogP contribution < -0.4 is 5.32 Å². The van der Waals surface area contributed by atoms with Crippen molar-refractivity contribution in [2.24, 2.45) is 11.8 Å².